The molecule has 2 heterocycles. The van der Waals surface area contributed by atoms with Gasteiger partial charge in [-0.05, 0) is 31.4 Å². The van der Waals surface area contributed by atoms with E-state index in [9.17, 15) is 9.59 Å². The number of aryl methyl sites for hydroxylation is 1. The van der Waals surface area contributed by atoms with Crippen molar-refractivity contribution in [1.82, 2.24) is 20.2 Å². The Morgan fingerprint density at radius 3 is 2.88 bits per heavy atom. The molecule has 138 valence electrons. The van der Waals surface area contributed by atoms with Crippen LogP contribution in [0.3, 0.4) is 0 Å². The second-order valence-electron chi connectivity index (χ2n) is 7.48. The topological polar surface area (TPSA) is 78.1 Å². The molecule has 0 radical (unpaired) electrons. The molecule has 1 aromatic heterocycles. The van der Waals surface area contributed by atoms with Gasteiger partial charge in [0.15, 0.2) is 0 Å². The van der Waals surface area contributed by atoms with Crippen molar-refractivity contribution in [2.75, 3.05) is 13.1 Å². The third kappa shape index (κ3) is 3.59. The zero-order chi connectivity index (χ0) is 17.9. The predicted octanol–water partition coefficient (Wildman–Crippen LogP) is 2.40. The van der Waals surface area contributed by atoms with Gasteiger partial charge in [0.05, 0.1) is 17.0 Å². The number of para-hydroxylation sites is 2. The molecule has 2 N–H and O–H groups in total. The van der Waals surface area contributed by atoms with Crippen molar-refractivity contribution < 1.29 is 9.59 Å². The Labute approximate surface area is 153 Å². The van der Waals surface area contributed by atoms with Crippen LogP contribution in [0, 0.1) is 5.92 Å². The van der Waals surface area contributed by atoms with Gasteiger partial charge in [-0.15, -0.1) is 0 Å². The molecule has 4 rings (SSSR count). The van der Waals surface area contributed by atoms with Crippen molar-refractivity contribution >= 4 is 22.8 Å². The summed E-state index contributed by atoms with van der Waals surface area (Å²) in [7, 11) is 0. The van der Waals surface area contributed by atoms with Crippen LogP contribution in [0.25, 0.3) is 11.0 Å². The van der Waals surface area contributed by atoms with Gasteiger partial charge < -0.3 is 15.2 Å². The Bertz CT molecular complexity index is 761. The highest BCUT2D eigenvalue weighted by Crippen LogP contribution is 2.29. The van der Waals surface area contributed by atoms with Crippen LogP contribution in [0.2, 0.25) is 0 Å². The van der Waals surface area contributed by atoms with Gasteiger partial charge in [-0.25, -0.2) is 4.98 Å². The van der Waals surface area contributed by atoms with E-state index in [-0.39, 0.29) is 17.7 Å². The average molecular weight is 354 g/mol. The van der Waals surface area contributed by atoms with E-state index in [1.54, 1.807) is 0 Å². The lowest BCUT2D eigenvalue weighted by Gasteiger charge is -2.23. The van der Waals surface area contributed by atoms with Crippen LogP contribution in [0.1, 0.15) is 44.3 Å². The highest BCUT2D eigenvalue weighted by Gasteiger charge is 2.38. The van der Waals surface area contributed by atoms with E-state index < -0.39 is 0 Å². The molecule has 26 heavy (non-hydrogen) atoms. The van der Waals surface area contributed by atoms with Gasteiger partial charge in [0, 0.05) is 32.0 Å². The van der Waals surface area contributed by atoms with Gasteiger partial charge in [0.2, 0.25) is 11.8 Å². The molecular weight excluding hydrogens is 328 g/mol. The van der Waals surface area contributed by atoms with E-state index in [1.807, 2.05) is 29.2 Å². The number of aromatic nitrogens is 2. The summed E-state index contributed by atoms with van der Waals surface area (Å²) in [5, 5.41) is 3.00. The van der Waals surface area contributed by atoms with E-state index in [2.05, 4.69) is 15.3 Å². The molecule has 1 aromatic carbocycles. The number of hydrogen-bond donors (Lipinski definition) is 2. The lowest BCUT2D eigenvalue weighted by atomic mass is 10.1. The van der Waals surface area contributed by atoms with E-state index in [4.69, 9.17) is 0 Å². The fourth-order valence-corrected chi connectivity index (χ4v) is 4.21. The minimum Gasteiger partial charge on any atom is -0.356 e. The highest BCUT2D eigenvalue weighted by atomic mass is 16.2. The normalized spacial score (nSPS) is 21.0. The maximum absolute atomic E-state index is 12.4. The van der Waals surface area contributed by atoms with Crippen LogP contribution < -0.4 is 5.32 Å². The second kappa shape index (κ2) is 7.48. The number of H-pyrrole nitrogens is 1. The molecule has 1 aliphatic carbocycles. The van der Waals surface area contributed by atoms with Crippen molar-refractivity contribution in [2.24, 2.45) is 5.92 Å². The predicted molar refractivity (Wildman–Crippen MR) is 99.5 cm³/mol. The molecule has 2 aromatic rings. The van der Waals surface area contributed by atoms with Crippen LogP contribution in [0.5, 0.6) is 0 Å². The summed E-state index contributed by atoms with van der Waals surface area (Å²) < 4.78 is 0. The molecule has 2 amide bonds. The van der Waals surface area contributed by atoms with Crippen LogP contribution in [0.4, 0.5) is 0 Å². The van der Waals surface area contributed by atoms with E-state index in [0.717, 1.165) is 42.5 Å². The van der Waals surface area contributed by atoms with Gasteiger partial charge in [-0.3, -0.25) is 9.59 Å². The summed E-state index contributed by atoms with van der Waals surface area (Å²) in [5.41, 5.74) is 2.02. The number of carbonyl (C=O) groups is 2. The molecule has 1 atom stereocenters. The molecule has 0 bridgehead atoms. The molecule has 1 aliphatic heterocycles. The minimum absolute atomic E-state index is 0.0171. The van der Waals surface area contributed by atoms with Gasteiger partial charge in [0.25, 0.3) is 0 Å². The number of rotatable bonds is 6. The summed E-state index contributed by atoms with van der Waals surface area (Å²) in [6.45, 7) is 1.21. The van der Waals surface area contributed by atoms with Crippen LogP contribution in [-0.4, -0.2) is 45.8 Å². The van der Waals surface area contributed by atoms with Crippen LogP contribution in [0.15, 0.2) is 24.3 Å². The summed E-state index contributed by atoms with van der Waals surface area (Å²) in [6.07, 6.45) is 6.59. The molecular formula is C20H26N4O2. The van der Waals surface area contributed by atoms with Crippen molar-refractivity contribution in [3.05, 3.63) is 30.1 Å². The molecule has 1 saturated heterocycles. The van der Waals surface area contributed by atoms with Crippen molar-refractivity contribution in [1.29, 1.82) is 0 Å². The molecule has 2 fully saturated rings. The number of carbonyl (C=O) groups excluding carboxylic acids is 2. The average Bonchev–Trinajstić information content (AvgIpc) is 3.37. The maximum atomic E-state index is 12.4. The van der Waals surface area contributed by atoms with Gasteiger partial charge in [-0.2, -0.15) is 0 Å². The van der Waals surface area contributed by atoms with Gasteiger partial charge in [-0.1, -0.05) is 25.0 Å². The molecule has 6 nitrogen and oxygen atoms in total. The first kappa shape index (κ1) is 17.1. The summed E-state index contributed by atoms with van der Waals surface area (Å²) >= 11 is 0. The summed E-state index contributed by atoms with van der Waals surface area (Å²) in [4.78, 5) is 34.4. The molecule has 0 spiro atoms. The lowest BCUT2D eigenvalue weighted by Crippen LogP contribution is -2.37. The smallest absolute Gasteiger partial charge is 0.225 e. The number of fused-ring (bicyclic) bond motifs is 1. The fraction of sp³-hybridized carbons (Fsp3) is 0.550. The first-order chi connectivity index (χ1) is 12.7. The Morgan fingerprint density at radius 1 is 1.27 bits per heavy atom. The second-order valence-corrected chi connectivity index (χ2v) is 7.48. The number of hydrogen-bond acceptors (Lipinski definition) is 3. The Hall–Kier alpha value is -2.37. The largest absolute Gasteiger partial charge is 0.356 e. The minimum atomic E-state index is -0.186. The first-order valence-electron chi connectivity index (χ1n) is 9.71. The number of aromatic amines is 1. The Balaban J connectivity index is 1.22. The Morgan fingerprint density at radius 2 is 2.08 bits per heavy atom. The highest BCUT2D eigenvalue weighted by molar-refractivity contribution is 5.89. The number of benzene rings is 1. The van der Waals surface area contributed by atoms with Gasteiger partial charge in [0.1, 0.15) is 5.82 Å². The van der Waals surface area contributed by atoms with Crippen molar-refractivity contribution in [3.63, 3.8) is 0 Å². The van der Waals surface area contributed by atoms with Crippen LogP contribution >= 0.6 is 0 Å². The number of imidazole rings is 1. The van der Waals surface area contributed by atoms with Crippen molar-refractivity contribution in [3.8, 4) is 0 Å². The zero-order valence-electron chi connectivity index (χ0n) is 15.0. The third-order valence-corrected chi connectivity index (χ3v) is 5.62. The van der Waals surface area contributed by atoms with E-state index in [1.165, 1.54) is 12.8 Å². The molecule has 1 unspecified atom stereocenters. The molecule has 6 heteroatoms. The lowest BCUT2D eigenvalue weighted by molar-refractivity contribution is -0.130. The molecule has 2 aliphatic rings. The van der Waals surface area contributed by atoms with Crippen LogP contribution in [-0.2, 0) is 16.0 Å². The number of nitrogens with one attached hydrogen (secondary N) is 2. The first-order valence-corrected chi connectivity index (χ1v) is 9.71. The van der Waals surface area contributed by atoms with E-state index >= 15 is 0 Å². The SMILES string of the molecule is O=C(NCCCc1nc2ccccc2[nH]1)C1CC(=O)N(C2CCCC2)C1. The van der Waals surface area contributed by atoms with E-state index in [0.29, 0.717) is 25.6 Å². The quantitative estimate of drug-likeness (QED) is 0.782. The maximum Gasteiger partial charge on any atom is 0.225 e. The van der Waals surface area contributed by atoms with Gasteiger partial charge >= 0.3 is 0 Å². The monoisotopic (exact) mass is 354 g/mol. The standard InChI is InChI=1S/C20H26N4O2/c25-19-12-14(13-24(19)15-6-1-2-7-15)20(26)21-11-5-10-18-22-16-8-3-4-9-17(16)23-18/h3-4,8-9,14-15H,1-2,5-7,10-13H2,(H,21,26)(H,22,23). The molecule has 1 saturated carbocycles. The number of amides is 2. The number of nitrogens with zero attached hydrogens (tertiary/aromatic N) is 2. The number of likely N-dealkylation sites (tertiary alicyclic amines) is 1. The van der Waals surface area contributed by atoms with Crippen molar-refractivity contribution in [2.45, 2.75) is 51.0 Å². The fourth-order valence-electron chi connectivity index (χ4n) is 4.21. The summed E-state index contributed by atoms with van der Waals surface area (Å²) in [6, 6.07) is 8.34. The summed E-state index contributed by atoms with van der Waals surface area (Å²) in [5.74, 6) is 0.931. The zero-order valence-corrected chi connectivity index (χ0v) is 15.0. The Kier molecular flexibility index (Phi) is 4.91. The third-order valence-electron chi connectivity index (χ3n) is 5.62.